The molecular formula is C25H25FN4O5. The van der Waals surface area contributed by atoms with Crippen molar-refractivity contribution in [3.8, 4) is 5.75 Å². The van der Waals surface area contributed by atoms with Gasteiger partial charge in [-0.05, 0) is 30.2 Å². The Bertz CT molecular complexity index is 1310. The summed E-state index contributed by atoms with van der Waals surface area (Å²) in [6, 6.07) is 12.9. The molecule has 2 amide bonds. The van der Waals surface area contributed by atoms with E-state index in [0.29, 0.717) is 24.5 Å². The van der Waals surface area contributed by atoms with Crippen molar-refractivity contribution in [2.24, 2.45) is 0 Å². The molecule has 10 heteroatoms. The molecule has 1 atom stereocenters. The molecule has 1 aliphatic heterocycles. The standard InChI is InChI=1S/C25H25FN4O5/c1-15-22-29-20(24(32)28-13-17-8-9-18(26)12-19(17)23(31)27-2)21(25(33)30(22)10-11-34-15)35-14-16-6-4-3-5-7-16/h3-9,12,15H,10-11,13-14H2,1-2H3,(H,27,31)(H,28,32). The molecule has 0 bridgehead atoms. The molecule has 0 fully saturated rings. The molecule has 0 saturated carbocycles. The maximum atomic E-state index is 13.7. The van der Waals surface area contributed by atoms with E-state index in [-0.39, 0.29) is 30.2 Å². The molecule has 4 rings (SSSR count). The van der Waals surface area contributed by atoms with Gasteiger partial charge in [-0.25, -0.2) is 9.37 Å². The van der Waals surface area contributed by atoms with Crippen molar-refractivity contribution in [3.05, 3.63) is 92.9 Å². The third-order valence-electron chi connectivity index (χ3n) is 5.63. The lowest BCUT2D eigenvalue weighted by molar-refractivity contribution is 0.0254. The average molecular weight is 480 g/mol. The van der Waals surface area contributed by atoms with E-state index in [1.54, 1.807) is 6.92 Å². The second-order valence-electron chi connectivity index (χ2n) is 7.96. The van der Waals surface area contributed by atoms with E-state index in [2.05, 4.69) is 15.6 Å². The van der Waals surface area contributed by atoms with Crippen molar-refractivity contribution in [2.45, 2.75) is 32.7 Å². The Morgan fingerprint density at radius 3 is 2.71 bits per heavy atom. The first-order valence-electron chi connectivity index (χ1n) is 11.1. The van der Waals surface area contributed by atoms with Crippen LogP contribution >= 0.6 is 0 Å². The maximum Gasteiger partial charge on any atom is 0.296 e. The number of carbonyl (C=O) groups is 2. The fourth-order valence-corrected chi connectivity index (χ4v) is 3.80. The second-order valence-corrected chi connectivity index (χ2v) is 7.96. The molecule has 1 aliphatic rings. The van der Waals surface area contributed by atoms with E-state index in [9.17, 15) is 18.8 Å². The molecule has 0 saturated heterocycles. The lowest BCUT2D eigenvalue weighted by Gasteiger charge is -2.25. The summed E-state index contributed by atoms with van der Waals surface area (Å²) in [7, 11) is 1.43. The number of ether oxygens (including phenoxy) is 2. The highest BCUT2D eigenvalue weighted by Gasteiger charge is 2.28. The van der Waals surface area contributed by atoms with E-state index in [0.717, 1.165) is 11.6 Å². The van der Waals surface area contributed by atoms with Crippen LogP contribution in [0, 0.1) is 5.82 Å². The van der Waals surface area contributed by atoms with Gasteiger partial charge in [0.2, 0.25) is 5.75 Å². The number of hydrogen-bond donors (Lipinski definition) is 2. The van der Waals surface area contributed by atoms with Crippen molar-refractivity contribution in [1.29, 1.82) is 0 Å². The molecule has 2 N–H and O–H groups in total. The number of hydrogen-bond acceptors (Lipinski definition) is 6. The molecule has 3 aromatic rings. The number of benzene rings is 2. The normalized spacial score (nSPS) is 14.7. The smallest absolute Gasteiger partial charge is 0.296 e. The van der Waals surface area contributed by atoms with Crippen molar-refractivity contribution in [2.75, 3.05) is 13.7 Å². The fraction of sp³-hybridized carbons (Fsp3) is 0.280. The van der Waals surface area contributed by atoms with Gasteiger partial charge in [0.05, 0.1) is 13.2 Å². The van der Waals surface area contributed by atoms with Gasteiger partial charge in [0.25, 0.3) is 17.4 Å². The van der Waals surface area contributed by atoms with Crippen LogP contribution in [0.2, 0.25) is 0 Å². The minimum absolute atomic E-state index is 0.0716. The minimum atomic E-state index is -0.668. The van der Waals surface area contributed by atoms with Gasteiger partial charge in [0.15, 0.2) is 5.69 Å². The van der Waals surface area contributed by atoms with E-state index < -0.39 is 29.3 Å². The van der Waals surface area contributed by atoms with Crippen LogP contribution in [-0.4, -0.2) is 35.0 Å². The van der Waals surface area contributed by atoms with Crippen molar-refractivity contribution >= 4 is 11.8 Å². The number of carbonyl (C=O) groups excluding carboxylic acids is 2. The lowest BCUT2D eigenvalue weighted by atomic mass is 10.1. The van der Waals surface area contributed by atoms with Gasteiger partial charge >= 0.3 is 0 Å². The maximum absolute atomic E-state index is 13.7. The van der Waals surface area contributed by atoms with Crippen LogP contribution in [0.1, 0.15) is 50.8 Å². The first-order chi connectivity index (χ1) is 16.9. The Balaban J connectivity index is 1.65. The number of rotatable bonds is 7. The van der Waals surface area contributed by atoms with E-state index in [4.69, 9.17) is 9.47 Å². The molecular weight excluding hydrogens is 455 g/mol. The summed E-state index contributed by atoms with van der Waals surface area (Å²) in [5, 5.41) is 5.12. The molecule has 182 valence electrons. The van der Waals surface area contributed by atoms with Crippen LogP contribution in [0.25, 0.3) is 0 Å². The van der Waals surface area contributed by atoms with Crippen molar-refractivity contribution in [3.63, 3.8) is 0 Å². The highest BCUT2D eigenvalue weighted by Crippen LogP contribution is 2.23. The summed E-state index contributed by atoms with van der Waals surface area (Å²) in [4.78, 5) is 43.0. The summed E-state index contributed by atoms with van der Waals surface area (Å²) in [5.74, 6) is -1.58. The van der Waals surface area contributed by atoms with Gasteiger partial charge in [-0.3, -0.25) is 19.0 Å². The first-order valence-corrected chi connectivity index (χ1v) is 11.1. The molecule has 2 aromatic carbocycles. The fourth-order valence-electron chi connectivity index (χ4n) is 3.80. The monoisotopic (exact) mass is 480 g/mol. The molecule has 0 radical (unpaired) electrons. The third kappa shape index (κ3) is 5.22. The van der Waals surface area contributed by atoms with Gasteiger partial charge < -0.3 is 20.1 Å². The summed E-state index contributed by atoms with van der Waals surface area (Å²) in [6.45, 7) is 2.36. The second kappa shape index (κ2) is 10.5. The average Bonchev–Trinajstić information content (AvgIpc) is 2.87. The van der Waals surface area contributed by atoms with Gasteiger partial charge in [-0.1, -0.05) is 36.4 Å². The molecule has 1 unspecified atom stereocenters. The summed E-state index contributed by atoms with van der Waals surface area (Å²) >= 11 is 0. The van der Waals surface area contributed by atoms with Crippen LogP contribution in [0.3, 0.4) is 0 Å². The number of halogens is 1. The molecule has 9 nitrogen and oxygen atoms in total. The zero-order valence-electron chi connectivity index (χ0n) is 19.3. The SMILES string of the molecule is CNC(=O)c1cc(F)ccc1CNC(=O)c1nc2n(c(=O)c1OCc1ccccc1)CCOC2C. The Morgan fingerprint density at radius 1 is 1.20 bits per heavy atom. The predicted molar refractivity (Wildman–Crippen MR) is 125 cm³/mol. The lowest BCUT2D eigenvalue weighted by Crippen LogP contribution is -2.37. The number of amides is 2. The number of nitrogens with one attached hydrogen (secondary N) is 2. The molecule has 35 heavy (non-hydrogen) atoms. The highest BCUT2D eigenvalue weighted by atomic mass is 19.1. The number of nitrogens with zero attached hydrogens (tertiary/aromatic N) is 2. The molecule has 0 spiro atoms. The molecule has 1 aromatic heterocycles. The van der Waals surface area contributed by atoms with Crippen LogP contribution in [0.15, 0.2) is 53.3 Å². The Kier molecular flexibility index (Phi) is 7.21. The topological polar surface area (TPSA) is 112 Å². The van der Waals surface area contributed by atoms with Gasteiger partial charge in [-0.15, -0.1) is 0 Å². The zero-order valence-corrected chi connectivity index (χ0v) is 19.3. The predicted octanol–water partition coefficient (Wildman–Crippen LogP) is 2.34. The minimum Gasteiger partial charge on any atom is -0.481 e. The van der Waals surface area contributed by atoms with Crippen LogP contribution in [-0.2, 0) is 24.4 Å². The summed E-state index contributed by atoms with van der Waals surface area (Å²) in [5.41, 5.74) is 0.655. The van der Waals surface area contributed by atoms with Gasteiger partial charge in [0, 0.05) is 19.2 Å². The Morgan fingerprint density at radius 2 is 1.97 bits per heavy atom. The summed E-state index contributed by atoms with van der Waals surface area (Å²) in [6.07, 6.45) is -0.483. The first kappa shape index (κ1) is 24.1. The largest absolute Gasteiger partial charge is 0.481 e. The van der Waals surface area contributed by atoms with E-state index in [1.807, 2.05) is 30.3 Å². The van der Waals surface area contributed by atoms with Crippen molar-refractivity contribution in [1.82, 2.24) is 20.2 Å². The Labute approximate surface area is 200 Å². The van der Waals surface area contributed by atoms with E-state index >= 15 is 0 Å². The van der Waals surface area contributed by atoms with Crippen molar-refractivity contribution < 1.29 is 23.5 Å². The molecule has 2 heterocycles. The number of aromatic nitrogens is 2. The van der Waals surface area contributed by atoms with Crippen LogP contribution < -0.4 is 20.9 Å². The van der Waals surface area contributed by atoms with Gasteiger partial charge in [-0.2, -0.15) is 0 Å². The zero-order chi connectivity index (χ0) is 24.9. The van der Waals surface area contributed by atoms with Crippen LogP contribution in [0.5, 0.6) is 5.75 Å². The Hall–Kier alpha value is -4.05. The van der Waals surface area contributed by atoms with Gasteiger partial charge in [0.1, 0.15) is 24.4 Å². The van der Waals surface area contributed by atoms with E-state index in [1.165, 1.54) is 23.7 Å². The molecule has 0 aliphatic carbocycles. The summed E-state index contributed by atoms with van der Waals surface area (Å²) < 4.78 is 26.5. The highest BCUT2D eigenvalue weighted by molar-refractivity contribution is 5.97. The third-order valence-corrected chi connectivity index (χ3v) is 5.63. The quantitative estimate of drug-likeness (QED) is 0.537. The van der Waals surface area contributed by atoms with Crippen LogP contribution in [0.4, 0.5) is 4.39 Å². The number of fused-ring (bicyclic) bond motifs is 1.